The Bertz CT molecular complexity index is 778. The first-order valence-electron chi connectivity index (χ1n) is 9.46. The molecule has 2 fully saturated rings. The normalized spacial score (nSPS) is 21.4. The van der Waals surface area contributed by atoms with E-state index in [1.54, 1.807) is 0 Å². The molecule has 2 aliphatic rings. The van der Waals surface area contributed by atoms with Gasteiger partial charge in [-0.2, -0.15) is 10.2 Å². The van der Waals surface area contributed by atoms with Gasteiger partial charge in [-0.15, -0.1) is 0 Å². The van der Waals surface area contributed by atoms with Crippen LogP contribution in [0.3, 0.4) is 0 Å². The maximum Gasteiger partial charge on any atom is 0.119 e. The third-order valence-electron chi connectivity index (χ3n) is 4.57. The Hall–Kier alpha value is -2.70. The van der Waals surface area contributed by atoms with Crippen LogP contribution in [0.5, 0.6) is 11.5 Å². The van der Waals surface area contributed by atoms with Crippen molar-refractivity contribution in [1.82, 2.24) is 0 Å². The third-order valence-corrected chi connectivity index (χ3v) is 4.57. The first kappa shape index (κ1) is 18.7. The van der Waals surface area contributed by atoms with Crippen molar-refractivity contribution in [1.29, 1.82) is 0 Å². The molecule has 0 aliphatic carbocycles. The van der Waals surface area contributed by atoms with Crippen LogP contribution in [0.1, 0.15) is 25.0 Å². The zero-order valence-corrected chi connectivity index (χ0v) is 16.1. The fourth-order valence-corrected chi connectivity index (χ4v) is 2.56. The first-order valence-corrected chi connectivity index (χ1v) is 9.46. The number of nitrogens with zero attached hydrogens (tertiary/aromatic N) is 2. The van der Waals surface area contributed by atoms with E-state index in [1.807, 2.05) is 62.4 Å². The molecule has 2 saturated heterocycles. The molecule has 4 rings (SSSR count). The molecule has 2 atom stereocenters. The molecule has 0 saturated carbocycles. The van der Waals surface area contributed by atoms with Gasteiger partial charge < -0.3 is 18.9 Å². The average molecular weight is 380 g/mol. The summed E-state index contributed by atoms with van der Waals surface area (Å²) in [7, 11) is 0. The van der Waals surface area contributed by atoms with Gasteiger partial charge in [0.1, 0.15) is 36.9 Å². The summed E-state index contributed by atoms with van der Waals surface area (Å²) in [6, 6.07) is 15.7. The third kappa shape index (κ3) is 5.41. The van der Waals surface area contributed by atoms with E-state index in [0.717, 1.165) is 47.3 Å². The number of rotatable bonds is 9. The molecule has 2 heterocycles. The standard InChI is InChI=1S/C22H24N2O4/c1-15(17-3-7-19(8-4-17)25-11-21-13-27-21)23-24-16(2)18-5-9-20(10-6-18)26-12-22-14-28-22/h3-10,21-22H,11-14H2,1-2H3/b23-15+,24-16+. The molecule has 6 nitrogen and oxygen atoms in total. The number of hydrogen-bond acceptors (Lipinski definition) is 6. The summed E-state index contributed by atoms with van der Waals surface area (Å²) in [4.78, 5) is 0. The average Bonchev–Trinajstić information content (AvgIpc) is 3.64. The summed E-state index contributed by atoms with van der Waals surface area (Å²) in [5.74, 6) is 1.67. The van der Waals surface area contributed by atoms with Crippen LogP contribution >= 0.6 is 0 Å². The quantitative estimate of drug-likeness (QED) is 0.379. The van der Waals surface area contributed by atoms with Gasteiger partial charge in [-0.1, -0.05) is 0 Å². The maximum absolute atomic E-state index is 5.65. The highest BCUT2D eigenvalue weighted by atomic mass is 16.6. The smallest absolute Gasteiger partial charge is 0.119 e. The van der Waals surface area contributed by atoms with Crippen LogP contribution in [-0.4, -0.2) is 50.1 Å². The molecular formula is C22H24N2O4. The van der Waals surface area contributed by atoms with Crippen LogP contribution in [0, 0.1) is 0 Å². The Morgan fingerprint density at radius 2 is 1.11 bits per heavy atom. The Morgan fingerprint density at radius 1 is 0.750 bits per heavy atom. The first-order chi connectivity index (χ1) is 13.7. The zero-order chi connectivity index (χ0) is 19.3. The minimum absolute atomic E-state index is 0.258. The minimum atomic E-state index is 0.258. The van der Waals surface area contributed by atoms with Gasteiger partial charge in [0.05, 0.1) is 24.6 Å². The van der Waals surface area contributed by atoms with E-state index in [-0.39, 0.29) is 12.2 Å². The van der Waals surface area contributed by atoms with Crippen molar-refractivity contribution in [2.75, 3.05) is 26.4 Å². The van der Waals surface area contributed by atoms with Gasteiger partial charge in [-0.25, -0.2) is 0 Å². The second-order valence-corrected chi connectivity index (χ2v) is 6.95. The zero-order valence-electron chi connectivity index (χ0n) is 16.1. The van der Waals surface area contributed by atoms with E-state index in [2.05, 4.69) is 10.2 Å². The molecule has 0 aromatic heterocycles. The van der Waals surface area contributed by atoms with Gasteiger partial charge >= 0.3 is 0 Å². The molecule has 0 bridgehead atoms. The SMILES string of the molecule is C/C(=N\N=C(/C)c1ccc(OCC2CO2)cc1)c1ccc(OCC2CO2)cc1. The van der Waals surface area contributed by atoms with Crippen molar-refractivity contribution in [2.24, 2.45) is 10.2 Å². The van der Waals surface area contributed by atoms with E-state index in [1.165, 1.54) is 0 Å². The molecule has 6 heteroatoms. The van der Waals surface area contributed by atoms with Gasteiger partial charge in [0.2, 0.25) is 0 Å². The van der Waals surface area contributed by atoms with Gasteiger partial charge in [0.15, 0.2) is 0 Å². The van der Waals surface area contributed by atoms with Crippen molar-refractivity contribution in [3.63, 3.8) is 0 Å². The largest absolute Gasteiger partial charge is 0.491 e. The lowest BCUT2D eigenvalue weighted by molar-refractivity contribution is 0.263. The molecule has 0 spiro atoms. The summed E-state index contributed by atoms with van der Waals surface area (Å²) in [5.41, 5.74) is 3.72. The summed E-state index contributed by atoms with van der Waals surface area (Å²) in [5, 5.41) is 8.74. The van der Waals surface area contributed by atoms with Crippen molar-refractivity contribution in [3.05, 3.63) is 59.7 Å². The monoisotopic (exact) mass is 380 g/mol. The fourth-order valence-electron chi connectivity index (χ4n) is 2.56. The van der Waals surface area contributed by atoms with E-state index < -0.39 is 0 Å². The topological polar surface area (TPSA) is 68.2 Å². The Balaban J connectivity index is 1.34. The predicted molar refractivity (Wildman–Crippen MR) is 108 cm³/mol. The lowest BCUT2D eigenvalue weighted by Gasteiger charge is -2.06. The molecule has 146 valence electrons. The molecule has 0 N–H and O–H groups in total. The van der Waals surface area contributed by atoms with Crippen LogP contribution in [-0.2, 0) is 9.47 Å². The Morgan fingerprint density at radius 3 is 1.43 bits per heavy atom. The van der Waals surface area contributed by atoms with Crippen LogP contribution in [0.2, 0.25) is 0 Å². The van der Waals surface area contributed by atoms with Crippen LogP contribution < -0.4 is 9.47 Å². The number of epoxide rings is 2. The lowest BCUT2D eigenvalue weighted by atomic mass is 10.1. The van der Waals surface area contributed by atoms with Crippen LogP contribution in [0.25, 0.3) is 0 Å². The van der Waals surface area contributed by atoms with Crippen LogP contribution in [0.4, 0.5) is 0 Å². The second kappa shape index (κ2) is 8.54. The molecule has 2 aromatic carbocycles. The Labute approximate surface area is 164 Å². The van der Waals surface area contributed by atoms with Crippen molar-refractivity contribution in [3.8, 4) is 11.5 Å². The molecule has 2 unspecified atom stereocenters. The van der Waals surface area contributed by atoms with Crippen molar-refractivity contribution < 1.29 is 18.9 Å². The maximum atomic E-state index is 5.65. The predicted octanol–water partition coefficient (Wildman–Crippen LogP) is 3.48. The highest BCUT2D eigenvalue weighted by Gasteiger charge is 2.23. The number of benzene rings is 2. The van der Waals surface area contributed by atoms with Gasteiger partial charge in [0, 0.05) is 0 Å². The van der Waals surface area contributed by atoms with Gasteiger partial charge in [0.25, 0.3) is 0 Å². The lowest BCUT2D eigenvalue weighted by Crippen LogP contribution is -2.04. The van der Waals surface area contributed by atoms with Crippen molar-refractivity contribution >= 4 is 11.4 Å². The van der Waals surface area contributed by atoms with Crippen molar-refractivity contribution in [2.45, 2.75) is 26.1 Å². The van der Waals surface area contributed by atoms with E-state index in [9.17, 15) is 0 Å². The Kier molecular flexibility index (Phi) is 5.69. The molecule has 28 heavy (non-hydrogen) atoms. The van der Waals surface area contributed by atoms with Crippen LogP contribution in [0.15, 0.2) is 58.7 Å². The highest BCUT2D eigenvalue weighted by molar-refractivity contribution is 6.01. The van der Waals surface area contributed by atoms with E-state index >= 15 is 0 Å². The number of ether oxygens (including phenoxy) is 4. The fraction of sp³-hybridized carbons (Fsp3) is 0.364. The number of hydrogen-bond donors (Lipinski definition) is 0. The molecule has 0 radical (unpaired) electrons. The summed E-state index contributed by atoms with van der Waals surface area (Å²) >= 11 is 0. The van der Waals surface area contributed by atoms with Gasteiger partial charge in [-0.3, -0.25) is 0 Å². The summed E-state index contributed by atoms with van der Waals surface area (Å²) in [6.45, 7) is 6.70. The van der Waals surface area contributed by atoms with E-state index in [0.29, 0.717) is 13.2 Å². The highest BCUT2D eigenvalue weighted by Crippen LogP contribution is 2.18. The molecular weight excluding hydrogens is 356 g/mol. The molecule has 0 amide bonds. The molecule has 2 aliphatic heterocycles. The second-order valence-electron chi connectivity index (χ2n) is 6.95. The van der Waals surface area contributed by atoms with Gasteiger partial charge in [-0.05, 0) is 73.5 Å². The van der Waals surface area contributed by atoms with E-state index in [4.69, 9.17) is 18.9 Å². The summed E-state index contributed by atoms with van der Waals surface area (Å²) < 4.78 is 21.6. The molecule has 2 aromatic rings. The minimum Gasteiger partial charge on any atom is -0.491 e. The summed E-state index contributed by atoms with van der Waals surface area (Å²) in [6.07, 6.45) is 0.515.